The summed E-state index contributed by atoms with van der Waals surface area (Å²) in [4.78, 5) is 17.7. The highest BCUT2D eigenvalue weighted by molar-refractivity contribution is 5.97. The van der Waals surface area contributed by atoms with Crippen LogP contribution in [0.2, 0.25) is 0 Å². The Hall–Kier alpha value is -3.80. The number of nitrogens with one attached hydrogen (secondary N) is 1. The van der Waals surface area contributed by atoms with Crippen molar-refractivity contribution in [3.05, 3.63) is 101 Å². The molecule has 0 bridgehead atoms. The lowest BCUT2D eigenvalue weighted by Gasteiger charge is -2.07. The largest absolute Gasteiger partial charge is 0.350 e. The average molecular weight is 400 g/mol. The van der Waals surface area contributed by atoms with Crippen molar-refractivity contribution in [3.63, 3.8) is 0 Å². The van der Waals surface area contributed by atoms with Crippen molar-refractivity contribution in [2.45, 2.75) is 20.4 Å². The molecule has 0 amide bonds. The van der Waals surface area contributed by atoms with Gasteiger partial charge >= 0.3 is 0 Å². The molecule has 5 nitrogen and oxygen atoms in total. The molecule has 0 aliphatic heterocycles. The highest BCUT2D eigenvalue weighted by Gasteiger charge is 2.18. The van der Waals surface area contributed by atoms with Crippen molar-refractivity contribution < 1.29 is 9.18 Å². The summed E-state index contributed by atoms with van der Waals surface area (Å²) in [6.45, 7) is 4.36. The molecule has 0 radical (unpaired) electrons. The minimum Gasteiger partial charge on any atom is -0.350 e. The van der Waals surface area contributed by atoms with Crippen molar-refractivity contribution in [1.82, 2.24) is 14.8 Å². The molecule has 3 aromatic carbocycles. The molecule has 6 heteroatoms. The smallest absolute Gasteiger partial charge is 0.281 e. The predicted molar refractivity (Wildman–Crippen MR) is 115 cm³/mol. The Bertz CT molecular complexity index is 1160. The first kappa shape index (κ1) is 19.5. The number of nitrogens with zero attached hydrogens (tertiary/aromatic N) is 3. The van der Waals surface area contributed by atoms with Gasteiger partial charge in [0.15, 0.2) is 5.82 Å². The van der Waals surface area contributed by atoms with Crippen LogP contribution >= 0.6 is 0 Å². The highest BCUT2D eigenvalue weighted by atomic mass is 19.1. The van der Waals surface area contributed by atoms with E-state index in [1.165, 1.54) is 16.8 Å². The molecular weight excluding hydrogens is 379 g/mol. The monoisotopic (exact) mass is 400 g/mol. The zero-order valence-electron chi connectivity index (χ0n) is 16.8. The van der Waals surface area contributed by atoms with Crippen LogP contribution in [0, 0.1) is 19.7 Å². The van der Waals surface area contributed by atoms with Crippen LogP contribution in [-0.2, 0) is 6.54 Å². The van der Waals surface area contributed by atoms with Gasteiger partial charge in [-0.2, -0.15) is 9.67 Å². The molecule has 1 N–H and O–H groups in total. The average Bonchev–Trinajstić information content (AvgIpc) is 3.18. The minimum absolute atomic E-state index is 0.275. The van der Waals surface area contributed by atoms with E-state index in [1.807, 2.05) is 50.2 Å². The molecule has 0 saturated heterocycles. The van der Waals surface area contributed by atoms with Gasteiger partial charge in [-0.3, -0.25) is 4.79 Å². The topological polar surface area (TPSA) is 59.8 Å². The van der Waals surface area contributed by atoms with Gasteiger partial charge in [-0.15, -0.1) is 5.10 Å². The van der Waals surface area contributed by atoms with E-state index >= 15 is 0 Å². The molecule has 1 heterocycles. The Balaban J connectivity index is 1.68. The third-order valence-corrected chi connectivity index (χ3v) is 4.77. The highest BCUT2D eigenvalue weighted by Crippen LogP contribution is 2.20. The van der Waals surface area contributed by atoms with Crippen molar-refractivity contribution in [2.24, 2.45) is 0 Å². The molecule has 4 rings (SSSR count). The second kappa shape index (κ2) is 8.29. The van der Waals surface area contributed by atoms with Crippen LogP contribution < -0.4 is 5.32 Å². The Kier molecular flexibility index (Phi) is 5.39. The number of hydrogen-bond acceptors (Lipinski definition) is 4. The maximum absolute atomic E-state index is 13.2. The summed E-state index contributed by atoms with van der Waals surface area (Å²) in [7, 11) is 0. The summed E-state index contributed by atoms with van der Waals surface area (Å²) in [6, 6.07) is 21.3. The van der Waals surface area contributed by atoms with Crippen LogP contribution in [0.3, 0.4) is 0 Å². The van der Waals surface area contributed by atoms with E-state index in [1.54, 1.807) is 24.3 Å². The Morgan fingerprint density at radius 2 is 1.50 bits per heavy atom. The SMILES string of the molecule is Cc1ccc(C(=O)n2nc(-c3ccc(C)cc3)nc2NCc2ccc(F)cc2)cc1. The molecule has 0 aliphatic rings. The maximum Gasteiger partial charge on any atom is 0.281 e. The molecular formula is C24H21FN4O. The second-order valence-electron chi connectivity index (χ2n) is 7.19. The molecule has 0 atom stereocenters. The quantitative estimate of drug-likeness (QED) is 0.512. The number of carbonyl (C=O) groups excluding carboxylic acids is 1. The molecule has 4 aromatic rings. The van der Waals surface area contributed by atoms with Crippen molar-refractivity contribution in [1.29, 1.82) is 0 Å². The van der Waals surface area contributed by atoms with Gasteiger partial charge in [0.25, 0.3) is 5.91 Å². The van der Waals surface area contributed by atoms with Gasteiger partial charge in [-0.05, 0) is 43.7 Å². The van der Waals surface area contributed by atoms with Gasteiger partial charge < -0.3 is 5.32 Å². The normalized spacial score (nSPS) is 10.8. The van der Waals surface area contributed by atoms with E-state index in [9.17, 15) is 9.18 Å². The van der Waals surface area contributed by atoms with Gasteiger partial charge in [-0.25, -0.2) is 4.39 Å². The van der Waals surface area contributed by atoms with Gasteiger partial charge in [0.2, 0.25) is 5.95 Å². The summed E-state index contributed by atoms with van der Waals surface area (Å²) >= 11 is 0. The van der Waals surface area contributed by atoms with Crippen LogP contribution in [-0.4, -0.2) is 20.7 Å². The van der Waals surface area contributed by atoms with Crippen LogP contribution in [0.1, 0.15) is 27.0 Å². The number of halogens is 1. The maximum atomic E-state index is 13.2. The first-order valence-corrected chi connectivity index (χ1v) is 9.63. The number of benzene rings is 3. The predicted octanol–water partition coefficient (Wildman–Crippen LogP) is 5.00. The van der Waals surface area contributed by atoms with Crippen molar-refractivity contribution in [3.8, 4) is 11.4 Å². The number of anilines is 1. The fourth-order valence-corrected chi connectivity index (χ4v) is 2.99. The summed E-state index contributed by atoms with van der Waals surface area (Å²) in [5.74, 6) is 0.220. The van der Waals surface area contributed by atoms with E-state index < -0.39 is 0 Å². The van der Waals surface area contributed by atoms with Crippen LogP contribution in [0.5, 0.6) is 0 Å². The van der Waals surface area contributed by atoms with E-state index in [0.29, 0.717) is 23.9 Å². The Morgan fingerprint density at radius 3 is 2.13 bits per heavy atom. The fraction of sp³-hybridized carbons (Fsp3) is 0.125. The molecule has 150 valence electrons. The zero-order valence-corrected chi connectivity index (χ0v) is 16.8. The van der Waals surface area contributed by atoms with Crippen LogP contribution in [0.4, 0.5) is 10.3 Å². The van der Waals surface area contributed by atoms with Crippen molar-refractivity contribution in [2.75, 3.05) is 5.32 Å². The number of hydrogen-bond donors (Lipinski definition) is 1. The number of rotatable bonds is 5. The molecule has 30 heavy (non-hydrogen) atoms. The zero-order chi connectivity index (χ0) is 21.1. The molecule has 0 unspecified atom stereocenters. The van der Waals surface area contributed by atoms with Crippen LogP contribution in [0.25, 0.3) is 11.4 Å². The molecule has 1 aromatic heterocycles. The van der Waals surface area contributed by atoms with E-state index in [4.69, 9.17) is 0 Å². The Labute approximate surface area is 174 Å². The van der Waals surface area contributed by atoms with Gasteiger partial charge in [0.05, 0.1) is 0 Å². The molecule has 0 fully saturated rings. The van der Waals surface area contributed by atoms with Gasteiger partial charge in [0, 0.05) is 17.7 Å². The van der Waals surface area contributed by atoms with Crippen molar-refractivity contribution >= 4 is 11.9 Å². The summed E-state index contributed by atoms with van der Waals surface area (Å²) in [5.41, 5.74) is 4.40. The van der Waals surface area contributed by atoms with Gasteiger partial charge in [-0.1, -0.05) is 59.7 Å². The number of carbonyl (C=O) groups is 1. The van der Waals surface area contributed by atoms with Crippen LogP contribution in [0.15, 0.2) is 72.8 Å². The summed E-state index contributed by atoms with van der Waals surface area (Å²) in [5, 5.41) is 7.63. The summed E-state index contributed by atoms with van der Waals surface area (Å²) in [6.07, 6.45) is 0. The fourth-order valence-electron chi connectivity index (χ4n) is 2.99. The lowest BCUT2D eigenvalue weighted by Crippen LogP contribution is -2.17. The summed E-state index contributed by atoms with van der Waals surface area (Å²) < 4.78 is 14.4. The lowest BCUT2D eigenvalue weighted by atomic mass is 10.1. The van der Waals surface area contributed by atoms with E-state index in [2.05, 4.69) is 15.4 Å². The third-order valence-electron chi connectivity index (χ3n) is 4.77. The molecule has 0 spiro atoms. The third kappa shape index (κ3) is 4.27. The van der Waals surface area contributed by atoms with Gasteiger partial charge in [0.1, 0.15) is 5.82 Å². The first-order chi connectivity index (χ1) is 14.5. The Morgan fingerprint density at radius 1 is 0.900 bits per heavy atom. The number of aromatic nitrogens is 3. The molecule has 0 saturated carbocycles. The van der Waals surface area contributed by atoms with E-state index in [-0.39, 0.29) is 11.7 Å². The first-order valence-electron chi connectivity index (χ1n) is 9.63. The molecule has 0 aliphatic carbocycles. The number of aryl methyl sites for hydroxylation is 2. The van der Waals surface area contributed by atoms with E-state index in [0.717, 1.165) is 22.3 Å². The lowest BCUT2D eigenvalue weighted by molar-refractivity contribution is 0.0947. The standard InChI is InChI=1S/C24H21FN4O/c1-16-3-9-19(10-4-16)22-27-24(26-15-18-7-13-21(25)14-8-18)29(28-22)23(30)20-11-5-17(2)6-12-20/h3-14H,15H2,1-2H3,(H,26,27,28). The minimum atomic E-state index is -0.293. The second-order valence-corrected chi connectivity index (χ2v) is 7.19.